The molecule has 22 heavy (non-hydrogen) atoms. The Morgan fingerprint density at radius 1 is 1.45 bits per heavy atom. The van der Waals surface area contributed by atoms with Crippen molar-refractivity contribution in [1.29, 1.82) is 5.26 Å². The quantitative estimate of drug-likeness (QED) is 0.833. The highest BCUT2D eigenvalue weighted by Crippen LogP contribution is 2.37. The van der Waals surface area contributed by atoms with Crippen molar-refractivity contribution in [1.82, 2.24) is 5.32 Å². The third kappa shape index (κ3) is 4.04. The fourth-order valence-electron chi connectivity index (χ4n) is 1.98. The molecule has 3 N–H and O–H groups in total. The molecule has 0 atom stereocenters. The molecule has 1 aromatic rings. The van der Waals surface area contributed by atoms with Crippen LogP contribution < -0.4 is 15.8 Å². The van der Waals surface area contributed by atoms with E-state index in [1.165, 1.54) is 0 Å². The van der Waals surface area contributed by atoms with Crippen LogP contribution in [-0.4, -0.2) is 23.8 Å². The number of alkyl carbamates (subject to hydrolysis) is 1. The van der Waals surface area contributed by atoms with E-state index in [1.807, 2.05) is 26.8 Å². The molecule has 2 rings (SSSR count). The third-order valence-electron chi connectivity index (χ3n) is 3.29. The summed E-state index contributed by atoms with van der Waals surface area (Å²) in [5.74, 6) is 0.430. The standard InChI is InChI=1S/C16H21N3O3/c1-15(2,3)22-14(20)19-16(7-8-16)10-21-13-6-4-5-12(18)11(13)9-17/h4-6H,7-8,10,18H2,1-3H3,(H,19,20). The lowest BCUT2D eigenvalue weighted by Gasteiger charge is -2.23. The lowest BCUT2D eigenvalue weighted by atomic mass is 10.2. The number of benzene rings is 1. The van der Waals surface area contributed by atoms with Gasteiger partial charge in [0.1, 0.15) is 29.6 Å². The molecular formula is C16H21N3O3. The van der Waals surface area contributed by atoms with Gasteiger partial charge in [0.2, 0.25) is 0 Å². The predicted octanol–water partition coefficient (Wildman–Crippen LogP) is 2.58. The number of rotatable bonds is 4. The smallest absolute Gasteiger partial charge is 0.408 e. The summed E-state index contributed by atoms with van der Waals surface area (Å²) in [4.78, 5) is 11.8. The van der Waals surface area contributed by atoms with Crippen molar-refractivity contribution in [3.8, 4) is 11.8 Å². The molecule has 6 heteroatoms. The summed E-state index contributed by atoms with van der Waals surface area (Å²) < 4.78 is 10.9. The van der Waals surface area contributed by atoms with Gasteiger partial charge in [-0.05, 0) is 45.7 Å². The van der Waals surface area contributed by atoms with Crippen molar-refractivity contribution >= 4 is 11.8 Å². The van der Waals surface area contributed by atoms with E-state index in [0.29, 0.717) is 17.0 Å². The minimum atomic E-state index is -0.539. The lowest BCUT2D eigenvalue weighted by Crippen LogP contribution is -2.44. The first kappa shape index (κ1) is 16.0. The van der Waals surface area contributed by atoms with Crippen LogP contribution >= 0.6 is 0 Å². The molecule has 0 aliphatic heterocycles. The number of ether oxygens (including phenoxy) is 2. The second-order valence-corrected chi connectivity index (χ2v) is 6.53. The summed E-state index contributed by atoms with van der Waals surface area (Å²) in [5.41, 5.74) is 5.48. The zero-order chi connectivity index (χ0) is 16.4. The molecule has 0 heterocycles. The largest absolute Gasteiger partial charge is 0.490 e. The van der Waals surface area contributed by atoms with Gasteiger partial charge in [-0.2, -0.15) is 5.26 Å². The molecule has 1 aliphatic carbocycles. The molecule has 0 bridgehead atoms. The summed E-state index contributed by atoms with van der Waals surface area (Å²) in [7, 11) is 0. The van der Waals surface area contributed by atoms with Crippen LogP contribution in [-0.2, 0) is 4.74 Å². The minimum Gasteiger partial charge on any atom is -0.490 e. The Morgan fingerprint density at radius 2 is 2.14 bits per heavy atom. The number of carbonyl (C=O) groups is 1. The molecule has 1 aliphatic rings. The van der Waals surface area contributed by atoms with Crippen molar-refractivity contribution in [2.75, 3.05) is 12.3 Å². The lowest BCUT2D eigenvalue weighted by molar-refractivity contribution is 0.0477. The summed E-state index contributed by atoms with van der Waals surface area (Å²) >= 11 is 0. The molecule has 1 amide bonds. The monoisotopic (exact) mass is 303 g/mol. The van der Waals surface area contributed by atoms with E-state index in [0.717, 1.165) is 12.8 Å². The number of nitrogens with two attached hydrogens (primary N) is 1. The second-order valence-electron chi connectivity index (χ2n) is 6.53. The van der Waals surface area contributed by atoms with Gasteiger partial charge in [-0.15, -0.1) is 0 Å². The first-order valence-electron chi connectivity index (χ1n) is 7.17. The van der Waals surface area contributed by atoms with E-state index in [2.05, 4.69) is 5.32 Å². The van der Waals surface area contributed by atoms with Crippen LogP contribution in [0.3, 0.4) is 0 Å². The average Bonchev–Trinajstić information content (AvgIpc) is 3.14. The number of hydrogen-bond donors (Lipinski definition) is 2. The fourth-order valence-corrected chi connectivity index (χ4v) is 1.98. The van der Waals surface area contributed by atoms with E-state index >= 15 is 0 Å². The highest BCUT2D eigenvalue weighted by atomic mass is 16.6. The Morgan fingerprint density at radius 3 is 2.68 bits per heavy atom. The van der Waals surface area contributed by atoms with Gasteiger partial charge in [0, 0.05) is 0 Å². The van der Waals surface area contributed by atoms with Crippen LogP contribution in [0.5, 0.6) is 5.75 Å². The van der Waals surface area contributed by atoms with E-state index in [-0.39, 0.29) is 6.61 Å². The van der Waals surface area contributed by atoms with Gasteiger partial charge in [-0.3, -0.25) is 0 Å². The minimum absolute atomic E-state index is 0.282. The maximum Gasteiger partial charge on any atom is 0.408 e. The summed E-state index contributed by atoms with van der Waals surface area (Å²) in [6.45, 7) is 5.72. The number of nitrogens with one attached hydrogen (secondary N) is 1. The summed E-state index contributed by atoms with van der Waals surface area (Å²) in [5, 5.41) is 12.0. The maximum atomic E-state index is 11.8. The summed E-state index contributed by atoms with van der Waals surface area (Å²) in [6, 6.07) is 7.10. The van der Waals surface area contributed by atoms with E-state index < -0.39 is 17.2 Å². The zero-order valence-corrected chi connectivity index (χ0v) is 13.1. The van der Waals surface area contributed by atoms with Crippen molar-refractivity contribution in [2.24, 2.45) is 0 Å². The SMILES string of the molecule is CC(C)(C)OC(=O)NC1(COc2cccc(N)c2C#N)CC1. The van der Waals surface area contributed by atoms with E-state index in [4.69, 9.17) is 20.5 Å². The van der Waals surface area contributed by atoms with Crippen molar-refractivity contribution < 1.29 is 14.3 Å². The van der Waals surface area contributed by atoms with Crippen LogP contribution in [0, 0.1) is 11.3 Å². The second kappa shape index (κ2) is 5.76. The van der Waals surface area contributed by atoms with E-state index in [9.17, 15) is 4.79 Å². The molecule has 118 valence electrons. The molecule has 0 aromatic heterocycles. The first-order valence-corrected chi connectivity index (χ1v) is 7.17. The van der Waals surface area contributed by atoms with Gasteiger partial charge < -0.3 is 20.5 Å². The molecule has 6 nitrogen and oxygen atoms in total. The van der Waals surface area contributed by atoms with Gasteiger partial charge in [0.25, 0.3) is 0 Å². The molecule has 0 spiro atoms. The van der Waals surface area contributed by atoms with Gasteiger partial charge in [-0.25, -0.2) is 4.79 Å². The van der Waals surface area contributed by atoms with Crippen molar-refractivity contribution in [3.63, 3.8) is 0 Å². The third-order valence-corrected chi connectivity index (χ3v) is 3.29. The number of amides is 1. The predicted molar refractivity (Wildman–Crippen MR) is 82.4 cm³/mol. The Balaban J connectivity index is 1.96. The molecule has 0 saturated heterocycles. The van der Waals surface area contributed by atoms with Crippen molar-refractivity contribution in [3.05, 3.63) is 23.8 Å². The normalized spacial score (nSPS) is 15.5. The summed E-state index contributed by atoms with van der Waals surface area (Å²) in [6.07, 6.45) is 1.18. The molecule has 1 saturated carbocycles. The van der Waals surface area contributed by atoms with Gasteiger partial charge in [0.15, 0.2) is 0 Å². The van der Waals surface area contributed by atoms with Crippen molar-refractivity contribution in [2.45, 2.75) is 44.8 Å². The van der Waals surface area contributed by atoms with Crippen LogP contribution in [0.4, 0.5) is 10.5 Å². The zero-order valence-electron chi connectivity index (χ0n) is 13.1. The first-order chi connectivity index (χ1) is 10.2. The van der Waals surface area contributed by atoms with Crippen LogP contribution in [0.2, 0.25) is 0 Å². The highest BCUT2D eigenvalue weighted by molar-refractivity contribution is 5.69. The molecule has 0 unspecified atom stereocenters. The van der Waals surface area contributed by atoms with Gasteiger partial charge in [-0.1, -0.05) is 6.07 Å². The Hall–Kier alpha value is -2.42. The number of anilines is 1. The number of hydrogen-bond acceptors (Lipinski definition) is 5. The van der Waals surface area contributed by atoms with Gasteiger partial charge in [0.05, 0.1) is 11.2 Å². The van der Waals surface area contributed by atoms with Crippen LogP contribution in [0.15, 0.2) is 18.2 Å². The number of nitrogen functional groups attached to an aromatic ring is 1. The number of nitriles is 1. The molecular weight excluding hydrogens is 282 g/mol. The molecule has 0 radical (unpaired) electrons. The van der Waals surface area contributed by atoms with E-state index in [1.54, 1.807) is 18.2 Å². The van der Waals surface area contributed by atoms with Crippen LogP contribution in [0.1, 0.15) is 39.2 Å². The van der Waals surface area contributed by atoms with Gasteiger partial charge >= 0.3 is 6.09 Å². The Kier molecular flexibility index (Phi) is 4.18. The molecule has 1 fully saturated rings. The average molecular weight is 303 g/mol. The Bertz CT molecular complexity index is 610. The highest BCUT2D eigenvalue weighted by Gasteiger charge is 2.46. The topological polar surface area (TPSA) is 97.4 Å². The fraction of sp³-hybridized carbons (Fsp3) is 0.500. The number of carbonyl (C=O) groups excluding carboxylic acids is 1. The van der Waals surface area contributed by atoms with Crippen LogP contribution in [0.25, 0.3) is 0 Å². The molecule has 1 aromatic carbocycles. The maximum absolute atomic E-state index is 11.8. The number of nitrogens with zero attached hydrogens (tertiary/aromatic N) is 1. The Labute approximate surface area is 130 Å².